The van der Waals surface area contributed by atoms with E-state index < -0.39 is 23.4 Å². The smallest absolute Gasteiger partial charge is 0.311 e. The predicted molar refractivity (Wildman–Crippen MR) is 60.2 cm³/mol. The number of hydrogen-bond acceptors (Lipinski definition) is 4. The summed E-state index contributed by atoms with van der Waals surface area (Å²) >= 11 is 0. The lowest BCUT2D eigenvalue weighted by atomic mass is 10.1. The fourth-order valence-electron chi connectivity index (χ4n) is 1.54. The van der Waals surface area contributed by atoms with Crippen molar-refractivity contribution >= 4 is 5.97 Å². The summed E-state index contributed by atoms with van der Waals surface area (Å²) in [4.78, 5) is 25.3. The summed E-state index contributed by atoms with van der Waals surface area (Å²) in [6, 6.07) is 0.970. The third-order valence-corrected chi connectivity index (χ3v) is 2.27. The highest BCUT2D eigenvalue weighted by Crippen LogP contribution is 2.18. The van der Waals surface area contributed by atoms with Crippen LogP contribution in [0.15, 0.2) is 10.9 Å². The van der Waals surface area contributed by atoms with Gasteiger partial charge in [0, 0.05) is 24.0 Å². The number of carbonyl (C=O) groups is 1. The van der Waals surface area contributed by atoms with Gasteiger partial charge in [-0.2, -0.15) is 0 Å². The Morgan fingerprint density at radius 3 is 2.72 bits per heavy atom. The maximum absolute atomic E-state index is 12.6. The van der Waals surface area contributed by atoms with Crippen molar-refractivity contribution in [2.75, 3.05) is 6.61 Å². The van der Waals surface area contributed by atoms with Crippen molar-refractivity contribution in [2.24, 2.45) is 5.73 Å². The van der Waals surface area contributed by atoms with Gasteiger partial charge in [-0.3, -0.25) is 9.59 Å². The summed E-state index contributed by atoms with van der Waals surface area (Å²) < 4.78 is 29.9. The van der Waals surface area contributed by atoms with Gasteiger partial charge >= 0.3 is 5.97 Å². The monoisotopic (exact) mass is 260 g/mol. The van der Waals surface area contributed by atoms with Gasteiger partial charge in [0.05, 0.1) is 18.6 Å². The van der Waals surface area contributed by atoms with Gasteiger partial charge in [-0.1, -0.05) is 0 Å². The molecule has 0 unspecified atom stereocenters. The average molecular weight is 260 g/mol. The topological polar surface area (TPSA) is 85.2 Å². The molecule has 0 bridgehead atoms. The van der Waals surface area contributed by atoms with Crippen LogP contribution >= 0.6 is 0 Å². The standard InChI is InChI=1S/C11H14F2N2O3/c1-2-18-9(17)4-6-3-8(16)10(11(12)13)7(5-14)15-6/h3,11H,2,4-5,14H2,1H3,(H,15,16). The summed E-state index contributed by atoms with van der Waals surface area (Å²) in [7, 11) is 0. The molecule has 0 saturated heterocycles. The van der Waals surface area contributed by atoms with Crippen LogP contribution in [0.5, 0.6) is 0 Å². The Hall–Kier alpha value is -1.76. The second-order valence-electron chi connectivity index (χ2n) is 3.54. The molecule has 1 rings (SSSR count). The van der Waals surface area contributed by atoms with Gasteiger partial charge in [0.2, 0.25) is 0 Å². The number of halogens is 2. The molecule has 0 aromatic carbocycles. The van der Waals surface area contributed by atoms with Crippen molar-refractivity contribution in [3.05, 3.63) is 33.2 Å². The average Bonchev–Trinajstić information content (AvgIpc) is 2.27. The highest BCUT2D eigenvalue weighted by Gasteiger charge is 2.18. The van der Waals surface area contributed by atoms with Crippen molar-refractivity contribution < 1.29 is 18.3 Å². The van der Waals surface area contributed by atoms with Gasteiger partial charge in [-0.25, -0.2) is 8.78 Å². The molecule has 18 heavy (non-hydrogen) atoms. The van der Waals surface area contributed by atoms with E-state index >= 15 is 0 Å². The number of H-pyrrole nitrogens is 1. The van der Waals surface area contributed by atoms with E-state index in [2.05, 4.69) is 4.98 Å². The zero-order valence-corrected chi connectivity index (χ0v) is 9.83. The summed E-state index contributed by atoms with van der Waals surface area (Å²) in [5.74, 6) is -0.541. The molecule has 1 heterocycles. The van der Waals surface area contributed by atoms with Crippen LogP contribution in [0, 0.1) is 0 Å². The number of aromatic nitrogens is 1. The molecule has 0 aliphatic heterocycles. The molecular formula is C11H14F2N2O3. The summed E-state index contributed by atoms with van der Waals surface area (Å²) in [5.41, 5.74) is 3.97. The fourth-order valence-corrected chi connectivity index (χ4v) is 1.54. The minimum absolute atomic E-state index is 0.0585. The number of rotatable bonds is 5. The van der Waals surface area contributed by atoms with Gasteiger partial charge < -0.3 is 15.5 Å². The van der Waals surface area contributed by atoms with E-state index in [9.17, 15) is 18.4 Å². The Balaban J connectivity index is 3.07. The number of nitrogens with two attached hydrogens (primary N) is 1. The number of nitrogens with one attached hydrogen (secondary N) is 1. The van der Waals surface area contributed by atoms with E-state index in [0.717, 1.165) is 6.07 Å². The maximum Gasteiger partial charge on any atom is 0.311 e. The first-order valence-corrected chi connectivity index (χ1v) is 5.38. The van der Waals surface area contributed by atoms with Crippen molar-refractivity contribution in [1.29, 1.82) is 0 Å². The molecule has 3 N–H and O–H groups in total. The summed E-state index contributed by atoms with van der Waals surface area (Å²) in [6.45, 7) is 1.62. The van der Waals surface area contributed by atoms with Crippen molar-refractivity contribution in [3.8, 4) is 0 Å². The van der Waals surface area contributed by atoms with Crippen LogP contribution in [-0.4, -0.2) is 17.6 Å². The largest absolute Gasteiger partial charge is 0.466 e. The van der Waals surface area contributed by atoms with Gasteiger partial charge in [-0.15, -0.1) is 0 Å². The first-order valence-electron chi connectivity index (χ1n) is 5.38. The zero-order chi connectivity index (χ0) is 13.7. The third kappa shape index (κ3) is 3.36. The number of pyridine rings is 1. The van der Waals surface area contributed by atoms with E-state index in [1.165, 1.54) is 0 Å². The highest BCUT2D eigenvalue weighted by molar-refractivity contribution is 5.71. The van der Waals surface area contributed by atoms with Crippen molar-refractivity contribution in [2.45, 2.75) is 26.3 Å². The first kappa shape index (κ1) is 14.3. The van der Waals surface area contributed by atoms with Gasteiger partial charge in [0.25, 0.3) is 6.43 Å². The van der Waals surface area contributed by atoms with Crippen LogP contribution in [-0.2, 0) is 22.5 Å². The molecule has 1 aromatic rings. The minimum Gasteiger partial charge on any atom is -0.466 e. The van der Waals surface area contributed by atoms with Crippen LogP contribution < -0.4 is 11.2 Å². The molecule has 0 atom stereocenters. The van der Waals surface area contributed by atoms with E-state index in [1.807, 2.05) is 0 Å². The van der Waals surface area contributed by atoms with Crippen molar-refractivity contribution in [3.63, 3.8) is 0 Å². The normalized spacial score (nSPS) is 10.7. The second kappa shape index (κ2) is 6.25. The molecule has 0 fully saturated rings. The molecule has 0 aliphatic rings. The number of alkyl halides is 2. The number of aromatic amines is 1. The maximum atomic E-state index is 12.6. The van der Waals surface area contributed by atoms with Crippen LogP contribution in [0.4, 0.5) is 8.78 Å². The number of ether oxygens (including phenoxy) is 1. The first-order chi connectivity index (χ1) is 8.49. The number of esters is 1. The SMILES string of the molecule is CCOC(=O)Cc1cc(=O)c(C(F)F)c(CN)[nH]1. The van der Waals surface area contributed by atoms with Gasteiger partial charge in [0.15, 0.2) is 5.43 Å². The van der Waals surface area contributed by atoms with Crippen LogP contribution in [0.2, 0.25) is 0 Å². The Morgan fingerprint density at radius 2 is 2.22 bits per heavy atom. The van der Waals surface area contributed by atoms with Gasteiger partial charge in [-0.05, 0) is 6.92 Å². The van der Waals surface area contributed by atoms with E-state index in [0.29, 0.717) is 0 Å². The second-order valence-corrected chi connectivity index (χ2v) is 3.54. The highest BCUT2D eigenvalue weighted by atomic mass is 19.3. The Labute approximate surface area is 102 Å². The lowest BCUT2D eigenvalue weighted by molar-refractivity contribution is -0.142. The Morgan fingerprint density at radius 1 is 1.56 bits per heavy atom. The Bertz CT molecular complexity index is 486. The molecular weight excluding hydrogens is 246 g/mol. The van der Waals surface area contributed by atoms with Crippen molar-refractivity contribution in [1.82, 2.24) is 4.98 Å². The van der Waals surface area contributed by atoms with E-state index in [4.69, 9.17) is 10.5 Å². The molecule has 0 radical (unpaired) electrons. The minimum atomic E-state index is -2.90. The van der Waals surface area contributed by atoms with Crippen LogP contribution in [0.25, 0.3) is 0 Å². The van der Waals surface area contributed by atoms with Crippen LogP contribution in [0.1, 0.15) is 30.3 Å². The molecule has 0 amide bonds. The number of carbonyl (C=O) groups excluding carboxylic acids is 1. The van der Waals surface area contributed by atoms with Crippen LogP contribution in [0.3, 0.4) is 0 Å². The van der Waals surface area contributed by atoms with E-state index in [-0.39, 0.29) is 31.0 Å². The third-order valence-electron chi connectivity index (χ3n) is 2.27. The Kier molecular flexibility index (Phi) is 4.96. The molecule has 0 spiro atoms. The quantitative estimate of drug-likeness (QED) is 0.769. The summed E-state index contributed by atoms with van der Waals surface area (Å²) in [5, 5.41) is 0. The molecule has 0 aliphatic carbocycles. The summed E-state index contributed by atoms with van der Waals surface area (Å²) in [6.07, 6.45) is -3.08. The van der Waals surface area contributed by atoms with E-state index in [1.54, 1.807) is 6.92 Å². The van der Waals surface area contributed by atoms with Gasteiger partial charge in [0.1, 0.15) is 0 Å². The lowest BCUT2D eigenvalue weighted by Crippen LogP contribution is -2.20. The fraction of sp³-hybridized carbons (Fsp3) is 0.455. The molecule has 0 saturated carbocycles. The zero-order valence-electron chi connectivity index (χ0n) is 9.83. The molecule has 1 aromatic heterocycles. The molecule has 100 valence electrons. The number of hydrogen-bond donors (Lipinski definition) is 2. The lowest BCUT2D eigenvalue weighted by Gasteiger charge is -2.09. The molecule has 5 nitrogen and oxygen atoms in total. The molecule has 7 heteroatoms. The predicted octanol–water partition coefficient (Wildman–Crippen LogP) is 0.877.